The molecule has 14 heavy (non-hydrogen) atoms. The molecular formula is C9H15N3OS. The Labute approximate surface area is 87.4 Å². The molecule has 1 aliphatic heterocycles. The topological polar surface area (TPSA) is 62.4 Å². The lowest BCUT2D eigenvalue weighted by atomic mass is 10.0. The highest BCUT2D eigenvalue weighted by Crippen LogP contribution is 2.32. The summed E-state index contributed by atoms with van der Waals surface area (Å²) in [7, 11) is 0. The van der Waals surface area contributed by atoms with Gasteiger partial charge in [0.2, 0.25) is 0 Å². The summed E-state index contributed by atoms with van der Waals surface area (Å²) in [6.45, 7) is 3.36. The highest BCUT2D eigenvalue weighted by atomic mass is 32.1. The van der Waals surface area contributed by atoms with E-state index in [1.165, 1.54) is 11.3 Å². The molecule has 1 fully saturated rings. The number of nitrogen functional groups attached to an aromatic ring is 1. The zero-order valence-electron chi connectivity index (χ0n) is 8.18. The first kappa shape index (κ1) is 9.73. The van der Waals surface area contributed by atoms with E-state index in [9.17, 15) is 0 Å². The molecule has 78 valence electrons. The second kappa shape index (κ2) is 3.74. The van der Waals surface area contributed by atoms with Crippen LogP contribution in [0.15, 0.2) is 6.20 Å². The fraction of sp³-hybridized carbons (Fsp3) is 0.667. The average Bonchev–Trinajstić information content (AvgIpc) is 2.72. The van der Waals surface area contributed by atoms with Crippen LogP contribution in [-0.4, -0.2) is 29.3 Å². The Balaban J connectivity index is 2.13. The zero-order chi connectivity index (χ0) is 10.1. The molecule has 2 rings (SSSR count). The van der Waals surface area contributed by atoms with Crippen LogP contribution in [0.4, 0.5) is 10.1 Å². The van der Waals surface area contributed by atoms with Crippen molar-refractivity contribution in [3.63, 3.8) is 0 Å². The van der Waals surface area contributed by atoms with Gasteiger partial charge >= 0.3 is 0 Å². The monoisotopic (exact) mass is 213 g/mol. The lowest BCUT2D eigenvalue weighted by molar-refractivity contribution is 0.221. The number of aliphatic hydroxyl groups is 1. The van der Waals surface area contributed by atoms with Crippen LogP contribution in [-0.2, 0) is 0 Å². The molecule has 0 aliphatic carbocycles. The van der Waals surface area contributed by atoms with Crippen molar-refractivity contribution < 1.29 is 5.11 Å². The van der Waals surface area contributed by atoms with Crippen molar-refractivity contribution in [3.8, 4) is 0 Å². The van der Waals surface area contributed by atoms with Gasteiger partial charge in [-0.15, -0.1) is 0 Å². The lowest BCUT2D eigenvalue weighted by Crippen LogP contribution is -2.30. The van der Waals surface area contributed by atoms with Crippen molar-refractivity contribution in [2.75, 3.05) is 23.8 Å². The number of nitrogens with zero attached hydrogens (tertiary/aromatic N) is 2. The molecular weight excluding hydrogens is 198 g/mol. The first-order valence-corrected chi connectivity index (χ1v) is 5.63. The minimum atomic E-state index is 0.262. The summed E-state index contributed by atoms with van der Waals surface area (Å²) in [4.78, 5) is 6.48. The molecule has 0 amide bonds. The van der Waals surface area contributed by atoms with Gasteiger partial charge in [-0.2, -0.15) is 0 Å². The first-order chi connectivity index (χ1) is 6.72. The second-order valence-corrected chi connectivity index (χ2v) is 4.75. The second-order valence-electron chi connectivity index (χ2n) is 3.71. The van der Waals surface area contributed by atoms with Gasteiger partial charge < -0.3 is 15.7 Å². The molecule has 2 atom stereocenters. The van der Waals surface area contributed by atoms with E-state index in [-0.39, 0.29) is 6.61 Å². The van der Waals surface area contributed by atoms with E-state index in [1.807, 2.05) is 0 Å². The lowest BCUT2D eigenvalue weighted by Gasteiger charge is -2.22. The summed E-state index contributed by atoms with van der Waals surface area (Å²) in [5, 5.41) is 10.9. The van der Waals surface area contributed by atoms with E-state index in [2.05, 4.69) is 16.8 Å². The predicted molar refractivity (Wildman–Crippen MR) is 58.5 cm³/mol. The number of anilines is 2. The Bertz CT molecular complexity index is 315. The van der Waals surface area contributed by atoms with Gasteiger partial charge in [-0.3, -0.25) is 0 Å². The Morgan fingerprint density at radius 2 is 2.57 bits per heavy atom. The number of hydrogen-bond acceptors (Lipinski definition) is 5. The van der Waals surface area contributed by atoms with E-state index >= 15 is 0 Å². The molecule has 0 bridgehead atoms. The number of aromatic nitrogens is 1. The van der Waals surface area contributed by atoms with Gasteiger partial charge in [0.1, 0.15) is 5.00 Å². The highest BCUT2D eigenvalue weighted by molar-refractivity contribution is 7.19. The van der Waals surface area contributed by atoms with E-state index in [0.717, 1.165) is 23.1 Å². The highest BCUT2D eigenvalue weighted by Gasteiger charge is 2.31. The largest absolute Gasteiger partial charge is 0.396 e. The van der Waals surface area contributed by atoms with E-state index < -0.39 is 0 Å². The van der Waals surface area contributed by atoms with E-state index in [0.29, 0.717) is 12.0 Å². The van der Waals surface area contributed by atoms with Crippen molar-refractivity contribution >= 4 is 21.5 Å². The molecule has 5 heteroatoms. The molecule has 1 aromatic heterocycles. The van der Waals surface area contributed by atoms with Gasteiger partial charge in [-0.05, 0) is 13.3 Å². The molecule has 0 spiro atoms. The minimum Gasteiger partial charge on any atom is -0.396 e. The van der Waals surface area contributed by atoms with Gasteiger partial charge in [0.15, 0.2) is 5.13 Å². The van der Waals surface area contributed by atoms with Crippen molar-refractivity contribution in [1.82, 2.24) is 4.98 Å². The molecule has 0 saturated carbocycles. The van der Waals surface area contributed by atoms with Crippen LogP contribution < -0.4 is 10.6 Å². The SMILES string of the molecule is CC1C(CO)CCN1c1ncc(N)s1. The molecule has 0 radical (unpaired) electrons. The van der Waals surface area contributed by atoms with Crippen LogP contribution in [0.3, 0.4) is 0 Å². The van der Waals surface area contributed by atoms with E-state index in [4.69, 9.17) is 10.8 Å². The summed E-state index contributed by atoms with van der Waals surface area (Å²) in [6.07, 6.45) is 2.73. The standard InChI is InChI=1S/C9H15N3OS/c1-6-7(5-13)2-3-12(6)9-11-4-8(10)14-9/h4,6-7,13H,2-3,5,10H2,1H3. The van der Waals surface area contributed by atoms with Crippen LogP contribution in [0.1, 0.15) is 13.3 Å². The van der Waals surface area contributed by atoms with Gasteiger partial charge in [0, 0.05) is 25.1 Å². The Morgan fingerprint density at radius 1 is 1.79 bits per heavy atom. The van der Waals surface area contributed by atoms with Crippen molar-refractivity contribution in [2.24, 2.45) is 5.92 Å². The third-order valence-corrected chi connectivity index (χ3v) is 3.77. The molecule has 2 unspecified atom stereocenters. The summed E-state index contributed by atoms with van der Waals surface area (Å²) >= 11 is 1.51. The summed E-state index contributed by atoms with van der Waals surface area (Å²) in [5.41, 5.74) is 5.64. The van der Waals surface area contributed by atoms with Crippen molar-refractivity contribution in [3.05, 3.63) is 6.20 Å². The number of aliphatic hydroxyl groups excluding tert-OH is 1. The smallest absolute Gasteiger partial charge is 0.187 e. The number of rotatable bonds is 2. The quantitative estimate of drug-likeness (QED) is 0.767. The van der Waals surface area contributed by atoms with Gasteiger partial charge in [-0.25, -0.2) is 4.98 Å². The Hall–Kier alpha value is -0.810. The molecule has 0 aromatic carbocycles. The van der Waals surface area contributed by atoms with Crippen LogP contribution in [0, 0.1) is 5.92 Å². The number of hydrogen-bond donors (Lipinski definition) is 2. The number of nitrogens with two attached hydrogens (primary N) is 1. The molecule has 1 saturated heterocycles. The Kier molecular flexibility index (Phi) is 2.60. The molecule has 3 N–H and O–H groups in total. The fourth-order valence-electron chi connectivity index (χ4n) is 1.93. The molecule has 2 heterocycles. The number of thiazole rings is 1. The van der Waals surface area contributed by atoms with Crippen LogP contribution >= 0.6 is 11.3 Å². The molecule has 4 nitrogen and oxygen atoms in total. The van der Waals surface area contributed by atoms with Gasteiger partial charge in [-0.1, -0.05) is 11.3 Å². The van der Waals surface area contributed by atoms with Crippen molar-refractivity contribution in [2.45, 2.75) is 19.4 Å². The van der Waals surface area contributed by atoms with Gasteiger partial charge in [0.25, 0.3) is 0 Å². The van der Waals surface area contributed by atoms with Gasteiger partial charge in [0.05, 0.1) is 6.20 Å². The summed E-state index contributed by atoms with van der Waals surface area (Å²) in [5.74, 6) is 0.375. The van der Waals surface area contributed by atoms with Crippen LogP contribution in [0.5, 0.6) is 0 Å². The predicted octanol–water partition coefficient (Wildman–Crippen LogP) is 0.932. The van der Waals surface area contributed by atoms with E-state index in [1.54, 1.807) is 6.20 Å². The molecule has 1 aromatic rings. The third-order valence-electron chi connectivity index (χ3n) is 2.91. The van der Waals surface area contributed by atoms with Crippen molar-refractivity contribution in [1.29, 1.82) is 0 Å². The van der Waals surface area contributed by atoms with Crippen LogP contribution in [0.25, 0.3) is 0 Å². The zero-order valence-corrected chi connectivity index (χ0v) is 9.00. The molecule has 1 aliphatic rings. The maximum atomic E-state index is 9.14. The first-order valence-electron chi connectivity index (χ1n) is 4.81. The summed E-state index contributed by atoms with van der Waals surface area (Å²) in [6, 6.07) is 0.366. The summed E-state index contributed by atoms with van der Waals surface area (Å²) < 4.78 is 0. The van der Waals surface area contributed by atoms with Crippen LogP contribution in [0.2, 0.25) is 0 Å². The minimum absolute atomic E-state index is 0.262. The average molecular weight is 213 g/mol. The Morgan fingerprint density at radius 3 is 3.07 bits per heavy atom. The maximum Gasteiger partial charge on any atom is 0.187 e. The third kappa shape index (κ3) is 1.57. The normalized spacial score (nSPS) is 27.1. The fourth-order valence-corrected chi connectivity index (χ4v) is 2.72. The maximum absolute atomic E-state index is 9.14.